The topological polar surface area (TPSA) is 276 Å². The zero-order valence-corrected chi connectivity index (χ0v) is 19.1. The van der Waals surface area contributed by atoms with Gasteiger partial charge in [0.25, 0.3) is 0 Å². The van der Waals surface area contributed by atoms with E-state index in [4.69, 9.17) is 27.7 Å². The molecule has 0 amide bonds. The Hall–Kier alpha value is -1.99. The van der Waals surface area contributed by atoms with Gasteiger partial charge in [-0.05, 0) is 6.42 Å². The van der Waals surface area contributed by atoms with E-state index in [0.717, 1.165) is 10.9 Å². The maximum Gasteiger partial charge on any atom is 0.490 e. The molecule has 2 aliphatic carbocycles. The minimum Gasteiger partial charge on any atom is -0.382 e. The van der Waals surface area contributed by atoms with Crippen molar-refractivity contribution in [3.05, 3.63) is 6.33 Å². The van der Waals surface area contributed by atoms with Gasteiger partial charge in [-0.25, -0.2) is 23.1 Å². The standard InChI is InChI=1S/C13H16FN6O11P3/c1-2-12(14)6(20-4-17-7-9(15)18-11(16)19-10(7)20)3-5-8(13(5,12)21)29-33(25,26)31-34(27,28)30-32(22,23)24/h1,4-6,8,21H,3H2,(H,25,26)(H,27,28)(H2,22,23,24)(H4,15,16,18,19)/t5-,6-,8?,12+,13+/m1/s1. The number of phosphoric acid groups is 3. The van der Waals surface area contributed by atoms with Crippen LogP contribution in [-0.2, 0) is 26.8 Å². The Morgan fingerprint density at radius 3 is 2.41 bits per heavy atom. The summed E-state index contributed by atoms with van der Waals surface area (Å²) in [6.45, 7) is 0. The van der Waals surface area contributed by atoms with E-state index in [0.29, 0.717) is 0 Å². The second kappa shape index (κ2) is 7.50. The van der Waals surface area contributed by atoms with Crippen LogP contribution in [0.15, 0.2) is 6.33 Å². The quantitative estimate of drug-likeness (QED) is 0.168. The van der Waals surface area contributed by atoms with E-state index >= 15 is 4.39 Å². The van der Waals surface area contributed by atoms with Crippen molar-refractivity contribution in [1.82, 2.24) is 19.5 Å². The largest absolute Gasteiger partial charge is 0.490 e. The van der Waals surface area contributed by atoms with E-state index < -0.39 is 52.8 Å². The molecule has 2 aliphatic rings. The summed E-state index contributed by atoms with van der Waals surface area (Å²) in [7, 11) is -17.1. The molecular weight excluding hydrogens is 528 g/mol. The minimum atomic E-state index is -5.81. The molecule has 186 valence electrons. The molecule has 2 saturated carbocycles. The Kier molecular flexibility index (Phi) is 5.54. The number of terminal acetylenes is 1. The SMILES string of the molecule is C#C[C@]1(F)[C@H](n2cnc3c(N)nc(N)nc32)C[C@@H]2C(OP(=O)(O)OP(=O)(O)OP(=O)(O)O)[C@@]21O. The molecule has 0 aromatic carbocycles. The summed E-state index contributed by atoms with van der Waals surface area (Å²) in [5.41, 5.74) is 5.85. The van der Waals surface area contributed by atoms with E-state index in [1.807, 2.05) is 0 Å². The van der Waals surface area contributed by atoms with E-state index in [9.17, 15) is 28.6 Å². The number of alkyl halides is 1. The van der Waals surface area contributed by atoms with Crippen LogP contribution in [0.5, 0.6) is 0 Å². The number of nitrogens with zero attached hydrogens (tertiary/aromatic N) is 4. The predicted octanol–water partition coefficient (Wildman–Crippen LogP) is -0.650. The highest BCUT2D eigenvalue weighted by Crippen LogP contribution is 2.73. The molecule has 4 rings (SSSR count). The highest BCUT2D eigenvalue weighted by atomic mass is 31.3. The fraction of sp³-hybridized carbons (Fsp3) is 0.462. The average molecular weight is 544 g/mol. The smallest absolute Gasteiger partial charge is 0.382 e. The van der Waals surface area contributed by atoms with Crippen LogP contribution in [0, 0.1) is 18.3 Å². The fourth-order valence-electron chi connectivity index (χ4n) is 4.16. The number of phosphoric ester groups is 1. The van der Waals surface area contributed by atoms with Crippen LogP contribution in [0.2, 0.25) is 0 Å². The third-order valence-electron chi connectivity index (χ3n) is 5.45. The molecule has 21 heteroatoms. The van der Waals surface area contributed by atoms with Crippen molar-refractivity contribution in [3.8, 4) is 12.3 Å². The Morgan fingerprint density at radius 2 is 1.82 bits per heavy atom. The van der Waals surface area contributed by atoms with Crippen LogP contribution >= 0.6 is 23.5 Å². The second-order valence-corrected chi connectivity index (χ2v) is 11.8. The monoisotopic (exact) mass is 544 g/mol. The molecular formula is C13H16FN6O11P3. The number of hydrogen-bond acceptors (Lipinski definition) is 12. The molecule has 0 bridgehead atoms. The molecule has 7 atom stereocenters. The molecule has 0 saturated heterocycles. The van der Waals surface area contributed by atoms with Crippen molar-refractivity contribution in [1.29, 1.82) is 0 Å². The zero-order valence-electron chi connectivity index (χ0n) is 16.4. The van der Waals surface area contributed by atoms with Crippen molar-refractivity contribution < 1.29 is 55.9 Å². The van der Waals surface area contributed by atoms with Crippen LogP contribution in [0.3, 0.4) is 0 Å². The Balaban J connectivity index is 1.60. The van der Waals surface area contributed by atoms with Gasteiger partial charge in [0.15, 0.2) is 11.5 Å². The summed E-state index contributed by atoms with van der Waals surface area (Å²) >= 11 is 0. The number of aliphatic hydroxyl groups is 1. The number of hydrogen-bond donors (Lipinski definition) is 7. The lowest BCUT2D eigenvalue weighted by Crippen LogP contribution is -2.46. The summed E-state index contributed by atoms with van der Waals surface area (Å²) in [5, 5.41) is 10.9. The van der Waals surface area contributed by atoms with Crippen molar-refractivity contribution in [2.75, 3.05) is 11.5 Å². The van der Waals surface area contributed by atoms with E-state index in [1.54, 1.807) is 5.92 Å². The highest BCUT2D eigenvalue weighted by Gasteiger charge is 2.84. The maximum atomic E-state index is 16.0. The van der Waals surface area contributed by atoms with Gasteiger partial charge in [-0.1, -0.05) is 5.92 Å². The van der Waals surface area contributed by atoms with Gasteiger partial charge >= 0.3 is 23.5 Å². The maximum absolute atomic E-state index is 16.0. The number of aromatic nitrogens is 4. The number of fused-ring (bicyclic) bond motifs is 2. The molecule has 0 aliphatic heterocycles. The predicted molar refractivity (Wildman–Crippen MR) is 108 cm³/mol. The number of anilines is 2. The Bertz CT molecular complexity index is 1380. The van der Waals surface area contributed by atoms with Crippen molar-refractivity contribution >= 4 is 46.4 Å². The number of nitrogens with two attached hydrogens (primary N) is 2. The fourth-order valence-corrected chi connectivity index (χ4v) is 7.41. The lowest BCUT2D eigenvalue weighted by Gasteiger charge is -2.31. The van der Waals surface area contributed by atoms with Gasteiger partial charge in [0.2, 0.25) is 11.6 Å². The molecule has 17 nitrogen and oxygen atoms in total. The average Bonchev–Trinajstić information content (AvgIpc) is 2.95. The molecule has 0 spiro atoms. The number of halogens is 1. The van der Waals surface area contributed by atoms with Crippen LogP contribution in [-0.4, -0.2) is 61.6 Å². The van der Waals surface area contributed by atoms with Gasteiger partial charge in [0.1, 0.15) is 17.2 Å². The molecule has 2 fully saturated rings. The first-order valence-corrected chi connectivity index (χ1v) is 13.4. The number of rotatable bonds is 7. The third-order valence-corrected chi connectivity index (χ3v) is 9.27. The molecule has 2 aromatic rings. The van der Waals surface area contributed by atoms with Crippen molar-refractivity contribution in [2.45, 2.75) is 29.8 Å². The minimum absolute atomic E-state index is 0.00149. The molecule has 2 aromatic heterocycles. The Labute approximate surface area is 188 Å². The second-order valence-electron chi connectivity index (χ2n) is 7.45. The lowest BCUT2D eigenvalue weighted by molar-refractivity contribution is -0.0343. The van der Waals surface area contributed by atoms with E-state index in [1.165, 1.54) is 0 Å². The van der Waals surface area contributed by atoms with E-state index in [2.05, 4.69) is 28.1 Å². The van der Waals surface area contributed by atoms with Crippen molar-refractivity contribution in [3.63, 3.8) is 0 Å². The summed E-state index contributed by atoms with van der Waals surface area (Å²) in [4.78, 5) is 47.8. The van der Waals surface area contributed by atoms with Crippen LogP contribution in [0.25, 0.3) is 11.2 Å². The summed E-state index contributed by atoms with van der Waals surface area (Å²) in [5.74, 6) is 0.235. The first-order valence-electron chi connectivity index (χ1n) is 8.91. The first kappa shape index (κ1) is 25.1. The van der Waals surface area contributed by atoms with Gasteiger partial charge in [-0.3, -0.25) is 4.52 Å². The van der Waals surface area contributed by atoms with E-state index in [-0.39, 0.29) is 29.4 Å². The molecule has 34 heavy (non-hydrogen) atoms. The number of imidazole rings is 1. The normalized spacial score (nSPS) is 34.2. The van der Waals surface area contributed by atoms with Gasteiger partial charge in [-0.2, -0.15) is 18.6 Å². The third kappa shape index (κ3) is 3.95. The molecule has 2 heterocycles. The molecule has 0 radical (unpaired) electrons. The molecule has 9 N–H and O–H groups in total. The summed E-state index contributed by atoms with van der Waals surface area (Å²) < 4.78 is 63.3. The van der Waals surface area contributed by atoms with Gasteiger partial charge in [0, 0.05) is 5.92 Å². The van der Waals surface area contributed by atoms with Crippen LogP contribution in [0.4, 0.5) is 16.2 Å². The summed E-state index contributed by atoms with van der Waals surface area (Å²) in [6.07, 6.45) is 4.38. The van der Waals surface area contributed by atoms with Crippen LogP contribution < -0.4 is 11.5 Å². The zero-order chi connectivity index (χ0) is 25.5. The first-order chi connectivity index (χ1) is 15.4. The number of nitrogen functional groups attached to an aromatic ring is 2. The van der Waals surface area contributed by atoms with Crippen molar-refractivity contribution in [2.24, 2.45) is 5.92 Å². The Morgan fingerprint density at radius 1 is 1.18 bits per heavy atom. The van der Waals surface area contributed by atoms with Crippen LogP contribution in [0.1, 0.15) is 12.5 Å². The molecule has 3 unspecified atom stereocenters. The van der Waals surface area contributed by atoms with Gasteiger partial charge in [0.05, 0.1) is 12.4 Å². The van der Waals surface area contributed by atoms with Gasteiger partial charge < -0.3 is 40.7 Å². The van der Waals surface area contributed by atoms with Gasteiger partial charge in [-0.15, -0.1) is 6.42 Å². The lowest BCUT2D eigenvalue weighted by atomic mass is 9.92. The summed E-state index contributed by atoms with van der Waals surface area (Å²) in [6, 6.07) is -1.33. The highest BCUT2D eigenvalue weighted by molar-refractivity contribution is 7.66.